The largest absolute Gasteiger partial charge is 0.368 e. The van der Waals surface area contributed by atoms with Crippen LogP contribution in [0.2, 0.25) is 0 Å². The number of hydrogen-bond acceptors (Lipinski definition) is 6. The van der Waals surface area contributed by atoms with Crippen molar-refractivity contribution in [3.63, 3.8) is 0 Å². The van der Waals surface area contributed by atoms with Gasteiger partial charge in [-0.2, -0.15) is 9.78 Å². The number of nitro benzene ring substituents is 1. The molecule has 1 saturated heterocycles. The fourth-order valence-corrected chi connectivity index (χ4v) is 4.47. The number of aromatic nitrogens is 2. The van der Waals surface area contributed by atoms with Gasteiger partial charge in [-0.3, -0.25) is 19.7 Å². The van der Waals surface area contributed by atoms with Gasteiger partial charge in [0.2, 0.25) is 5.91 Å². The van der Waals surface area contributed by atoms with Gasteiger partial charge in [-0.25, -0.2) is 0 Å². The maximum Gasteiger partial charge on any atom is 0.295 e. The van der Waals surface area contributed by atoms with E-state index in [9.17, 15) is 19.7 Å². The third-order valence-corrected chi connectivity index (χ3v) is 6.33. The number of rotatable bonds is 4. The van der Waals surface area contributed by atoms with Crippen molar-refractivity contribution >= 4 is 28.1 Å². The average Bonchev–Trinajstić information content (AvgIpc) is 2.89. The van der Waals surface area contributed by atoms with Gasteiger partial charge in [0.15, 0.2) is 0 Å². The Kier molecular flexibility index (Phi) is 5.74. The minimum Gasteiger partial charge on any atom is -0.368 e. The Morgan fingerprint density at radius 3 is 2.23 bits per heavy atom. The van der Waals surface area contributed by atoms with Crippen LogP contribution in [0.4, 0.5) is 11.4 Å². The molecule has 9 nitrogen and oxygen atoms in total. The molecule has 0 unspecified atom stereocenters. The maximum atomic E-state index is 13.5. The lowest BCUT2D eigenvalue weighted by molar-refractivity contribution is -0.384. The van der Waals surface area contributed by atoms with Crippen LogP contribution in [0.3, 0.4) is 0 Å². The highest BCUT2D eigenvalue weighted by molar-refractivity contribution is 5.94. The first kappa shape index (κ1) is 22.3. The van der Waals surface area contributed by atoms with Crippen LogP contribution in [-0.4, -0.2) is 51.7 Å². The molecule has 0 saturated carbocycles. The summed E-state index contributed by atoms with van der Waals surface area (Å²) in [6.07, 6.45) is 0. The molecule has 1 amide bonds. The molecule has 1 aliphatic rings. The summed E-state index contributed by atoms with van der Waals surface area (Å²) in [5, 5.41) is 17.7. The minimum absolute atomic E-state index is 0.0226. The Balaban J connectivity index is 1.68. The fraction of sp³-hybridized carbons (Fsp3) is 0.192. The summed E-state index contributed by atoms with van der Waals surface area (Å²) >= 11 is 0. The quantitative estimate of drug-likeness (QED) is 0.334. The molecule has 0 bridgehead atoms. The second-order valence-corrected chi connectivity index (χ2v) is 8.40. The lowest BCUT2D eigenvalue weighted by atomic mass is 10.1. The van der Waals surface area contributed by atoms with Gasteiger partial charge in [0, 0.05) is 55.8 Å². The zero-order chi connectivity index (χ0) is 24.5. The van der Waals surface area contributed by atoms with Crippen molar-refractivity contribution in [1.82, 2.24) is 14.7 Å². The molecule has 9 heteroatoms. The highest BCUT2D eigenvalue weighted by atomic mass is 16.6. The number of piperazine rings is 1. The standard InChI is InChI=1S/C26H23N5O4/c1-18(32)28-13-15-29(16-14-28)20-11-12-23(31(34)35)24(17-20)30-26(33)22-10-6-5-9-21(22)25(27-30)19-7-3-2-4-8-19/h2-12,17H,13-16H2,1H3. The minimum atomic E-state index is -0.502. The van der Waals surface area contributed by atoms with Crippen molar-refractivity contribution in [2.24, 2.45) is 0 Å². The monoisotopic (exact) mass is 469 g/mol. The second-order valence-electron chi connectivity index (χ2n) is 8.40. The van der Waals surface area contributed by atoms with Crippen LogP contribution in [0.15, 0.2) is 77.6 Å². The molecule has 35 heavy (non-hydrogen) atoms. The zero-order valence-electron chi connectivity index (χ0n) is 19.1. The molecule has 176 valence electrons. The van der Waals surface area contributed by atoms with Gasteiger partial charge in [-0.15, -0.1) is 0 Å². The summed E-state index contributed by atoms with van der Waals surface area (Å²) in [7, 11) is 0. The van der Waals surface area contributed by atoms with E-state index in [2.05, 4.69) is 10.00 Å². The molecule has 0 aliphatic carbocycles. The van der Waals surface area contributed by atoms with Gasteiger partial charge < -0.3 is 9.80 Å². The van der Waals surface area contributed by atoms with Crippen LogP contribution >= 0.6 is 0 Å². The Hall–Kier alpha value is -4.53. The van der Waals surface area contributed by atoms with E-state index in [0.717, 1.165) is 15.9 Å². The van der Waals surface area contributed by atoms with E-state index in [1.165, 1.54) is 6.07 Å². The Labute approximate surface area is 201 Å². The number of anilines is 1. The van der Waals surface area contributed by atoms with Crippen LogP contribution in [0.1, 0.15) is 6.92 Å². The lowest BCUT2D eigenvalue weighted by Crippen LogP contribution is -2.48. The third-order valence-electron chi connectivity index (χ3n) is 6.33. The van der Waals surface area contributed by atoms with Crippen LogP contribution in [0.25, 0.3) is 27.7 Å². The first-order valence-corrected chi connectivity index (χ1v) is 11.3. The number of fused-ring (bicyclic) bond motifs is 1. The van der Waals surface area contributed by atoms with Crippen molar-refractivity contribution in [2.75, 3.05) is 31.1 Å². The second kappa shape index (κ2) is 9.02. The van der Waals surface area contributed by atoms with E-state index in [1.54, 1.807) is 36.1 Å². The van der Waals surface area contributed by atoms with E-state index < -0.39 is 10.5 Å². The fourth-order valence-electron chi connectivity index (χ4n) is 4.47. The zero-order valence-corrected chi connectivity index (χ0v) is 19.1. The van der Waals surface area contributed by atoms with Gasteiger partial charge in [0.25, 0.3) is 11.2 Å². The van der Waals surface area contributed by atoms with E-state index in [4.69, 9.17) is 0 Å². The smallest absolute Gasteiger partial charge is 0.295 e. The van der Waals surface area contributed by atoms with Gasteiger partial charge in [0.1, 0.15) is 5.69 Å². The Morgan fingerprint density at radius 2 is 1.57 bits per heavy atom. The molecule has 2 heterocycles. The number of carbonyl (C=O) groups is 1. The van der Waals surface area contributed by atoms with Gasteiger partial charge in [-0.05, 0) is 18.2 Å². The van der Waals surface area contributed by atoms with Crippen LogP contribution in [0.5, 0.6) is 0 Å². The van der Waals surface area contributed by atoms with Crippen molar-refractivity contribution < 1.29 is 9.72 Å². The molecule has 1 fully saturated rings. The number of carbonyl (C=O) groups excluding carboxylic acids is 1. The number of nitro groups is 1. The van der Waals surface area contributed by atoms with E-state index in [-0.39, 0.29) is 17.3 Å². The SMILES string of the molecule is CC(=O)N1CCN(c2ccc([N+](=O)[O-])c(-n3nc(-c4ccccc4)c4ccccc4c3=O)c2)CC1. The first-order chi connectivity index (χ1) is 16.9. The van der Waals surface area contributed by atoms with Crippen LogP contribution in [-0.2, 0) is 4.79 Å². The first-order valence-electron chi connectivity index (χ1n) is 11.3. The molecule has 5 rings (SSSR count). The number of benzene rings is 3. The Morgan fingerprint density at radius 1 is 0.914 bits per heavy atom. The topological polar surface area (TPSA) is 102 Å². The molecule has 0 N–H and O–H groups in total. The molecule has 4 aromatic rings. The van der Waals surface area contributed by atoms with Crippen molar-refractivity contribution in [1.29, 1.82) is 0 Å². The molecule has 1 aliphatic heterocycles. The average molecular weight is 470 g/mol. The number of nitrogens with zero attached hydrogens (tertiary/aromatic N) is 5. The lowest BCUT2D eigenvalue weighted by Gasteiger charge is -2.35. The van der Waals surface area contributed by atoms with E-state index in [0.29, 0.717) is 42.6 Å². The summed E-state index contributed by atoms with van der Waals surface area (Å²) < 4.78 is 1.14. The maximum absolute atomic E-state index is 13.5. The predicted octanol–water partition coefficient (Wildman–Crippen LogP) is 3.63. The summed E-state index contributed by atoms with van der Waals surface area (Å²) in [6, 6.07) is 21.3. The molecule has 0 radical (unpaired) electrons. The van der Waals surface area contributed by atoms with E-state index in [1.807, 2.05) is 42.5 Å². The van der Waals surface area contributed by atoms with Crippen molar-refractivity contribution in [3.8, 4) is 16.9 Å². The van der Waals surface area contributed by atoms with Gasteiger partial charge in [0.05, 0.1) is 16.0 Å². The molecule has 0 atom stereocenters. The van der Waals surface area contributed by atoms with Gasteiger partial charge in [-0.1, -0.05) is 48.5 Å². The molecular weight excluding hydrogens is 446 g/mol. The van der Waals surface area contributed by atoms with Crippen LogP contribution < -0.4 is 10.5 Å². The number of hydrogen-bond donors (Lipinski definition) is 0. The summed E-state index contributed by atoms with van der Waals surface area (Å²) in [6.45, 7) is 3.85. The third kappa shape index (κ3) is 4.12. The highest BCUT2D eigenvalue weighted by Crippen LogP contribution is 2.30. The Bertz CT molecular complexity index is 1490. The predicted molar refractivity (Wildman–Crippen MR) is 134 cm³/mol. The molecule has 0 spiro atoms. The summed E-state index contributed by atoms with van der Waals surface area (Å²) in [4.78, 5) is 40.4. The normalized spacial score (nSPS) is 13.7. The van der Waals surface area contributed by atoms with Crippen molar-refractivity contribution in [3.05, 3.63) is 93.3 Å². The van der Waals surface area contributed by atoms with Gasteiger partial charge >= 0.3 is 0 Å². The summed E-state index contributed by atoms with van der Waals surface area (Å²) in [5.41, 5.74) is 1.57. The molecule has 3 aromatic carbocycles. The number of amides is 1. The molecule has 1 aromatic heterocycles. The van der Waals surface area contributed by atoms with Crippen molar-refractivity contribution in [2.45, 2.75) is 6.92 Å². The summed E-state index contributed by atoms with van der Waals surface area (Å²) in [5.74, 6) is 0.0226. The van der Waals surface area contributed by atoms with Crippen LogP contribution in [0, 0.1) is 10.1 Å². The molecular formula is C26H23N5O4. The van der Waals surface area contributed by atoms with E-state index >= 15 is 0 Å². The highest BCUT2D eigenvalue weighted by Gasteiger charge is 2.24.